The molecule has 0 saturated heterocycles. The Hall–Kier alpha value is -0.650. The number of halogens is 1. The molecule has 0 aliphatic heterocycles. The Morgan fingerprint density at radius 1 is 1.89 bits per heavy atom. The van der Waals surface area contributed by atoms with E-state index in [1.165, 1.54) is 0 Å². The van der Waals surface area contributed by atoms with Crippen LogP contribution < -0.4 is 0 Å². The zero-order valence-electron chi connectivity index (χ0n) is 4.28. The summed E-state index contributed by atoms with van der Waals surface area (Å²) >= 11 is 2.60. The van der Waals surface area contributed by atoms with Gasteiger partial charge in [-0.05, 0) is 0 Å². The van der Waals surface area contributed by atoms with Crippen LogP contribution in [0, 0.1) is 10.1 Å². The van der Waals surface area contributed by atoms with E-state index >= 15 is 0 Å². The van der Waals surface area contributed by atoms with Gasteiger partial charge in [-0.2, -0.15) is 0 Å². The van der Waals surface area contributed by atoms with Gasteiger partial charge in [0.15, 0.2) is 4.83 Å². The minimum absolute atomic E-state index is 0.588. The highest BCUT2D eigenvalue weighted by Gasteiger charge is 2.18. The van der Waals surface area contributed by atoms with Gasteiger partial charge in [-0.3, -0.25) is 14.9 Å². The third-order valence-corrected chi connectivity index (χ3v) is 1.26. The molecule has 0 amide bonds. The standard InChI is InChI=1S/C3H4BrNO4/c4-2(3(6)7)1-5(8)9/h2H,1H2,(H,6,7). The van der Waals surface area contributed by atoms with Crippen molar-refractivity contribution in [1.82, 2.24) is 0 Å². The van der Waals surface area contributed by atoms with E-state index in [0.717, 1.165) is 0 Å². The van der Waals surface area contributed by atoms with E-state index in [2.05, 4.69) is 15.9 Å². The molecule has 0 spiro atoms. The van der Waals surface area contributed by atoms with Crippen LogP contribution in [0.25, 0.3) is 0 Å². The third kappa shape index (κ3) is 3.89. The van der Waals surface area contributed by atoms with Crippen molar-refractivity contribution >= 4 is 21.9 Å². The molecule has 0 aromatic rings. The number of carbonyl (C=O) groups is 1. The Balaban J connectivity index is 3.63. The summed E-state index contributed by atoms with van der Waals surface area (Å²) in [5, 5.41) is 17.7. The molecule has 5 nitrogen and oxygen atoms in total. The molecule has 0 aromatic carbocycles. The summed E-state index contributed by atoms with van der Waals surface area (Å²) in [6, 6.07) is 0. The maximum absolute atomic E-state index is 9.88. The molecule has 0 radical (unpaired) electrons. The average molecular weight is 198 g/mol. The number of hydrogen-bond acceptors (Lipinski definition) is 3. The predicted octanol–water partition coefficient (Wildman–Crippen LogP) is 0.111. The van der Waals surface area contributed by atoms with Crippen molar-refractivity contribution in [1.29, 1.82) is 0 Å². The van der Waals surface area contributed by atoms with Gasteiger partial charge in [-0.25, -0.2) is 0 Å². The zero-order chi connectivity index (χ0) is 7.44. The SMILES string of the molecule is O=C(O)C(Br)C[N+](=O)[O-]. The van der Waals surface area contributed by atoms with E-state index in [1.54, 1.807) is 0 Å². The average Bonchev–Trinajstić information content (AvgIpc) is 1.63. The van der Waals surface area contributed by atoms with Gasteiger partial charge in [-0.15, -0.1) is 0 Å². The summed E-state index contributed by atoms with van der Waals surface area (Å²) < 4.78 is 0. The summed E-state index contributed by atoms with van der Waals surface area (Å²) in [6.45, 7) is -0.588. The fourth-order valence-electron chi connectivity index (χ4n) is 0.209. The first-order chi connectivity index (χ1) is 4.04. The van der Waals surface area contributed by atoms with Crippen LogP contribution in [0.5, 0.6) is 0 Å². The molecule has 0 bridgehead atoms. The monoisotopic (exact) mass is 197 g/mol. The van der Waals surface area contributed by atoms with Crippen LogP contribution in [0.1, 0.15) is 0 Å². The van der Waals surface area contributed by atoms with Crippen LogP contribution in [0.3, 0.4) is 0 Å². The lowest BCUT2D eigenvalue weighted by Crippen LogP contribution is -2.22. The van der Waals surface area contributed by atoms with Gasteiger partial charge in [-0.1, -0.05) is 15.9 Å². The molecular weight excluding hydrogens is 194 g/mol. The lowest BCUT2D eigenvalue weighted by Gasteiger charge is -1.94. The number of carboxylic acid groups (broad SMARTS) is 1. The number of nitro groups is 1. The van der Waals surface area contributed by atoms with Crippen molar-refractivity contribution < 1.29 is 14.8 Å². The van der Waals surface area contributed by atoms with Gasteiger partial charge in [0.1, 0.15) is 0 Å². The van der Waals surface area contributed by atoms with Gasteiger partial charge in [0.25, 0.3) is 0 Å². The molecule has 0 heterocycles. The molecule has 1 unspecified atom stereocenters. The van der Waals surface area contributed by atoms with Crippen LogP contribution in [-0.2, 0) is 4.79 Å². The largest absolute Gasteiger partial charge is 0.480 e. The molecule has 0 fully saturated rings. The van der Waals surface area contributed by atoms with Crippen molar-refractivity contribution in [3.8, 4) is 0 Å². The van der Waals surface area contributed by atoms with Gasteiger partial charge < -0.3 is 5.11 Å². The quantitative estimate of drug-likeness (QED) is 0.396. The molecule has 1 N–H and O–H groups in total. The summed E-state index contributed by atoms with van der Waals surface area (Å²) in [4.78, 5) is 17.7. The van der Waals surface area contributed by atoms with Crippen LogP contribution in [0.4, 0.5) is 0 Å². The highest BCUT2D eigenvalue weighted by atomic mass is 79.9. The van der Waals surface area contributed by atoms with Crippen LogP contribution in [0.15, 0.2) is 0 Å². The second-order valence-corrected chi connectivity index (χ2v) is 2.43. The van der Waals surface area contributed by atoms with E-state index in [1.807, 2.05) is 0 Å². The van der Waals surface area contributed by atoms with E-state index in [9.17, 15) is 14.9 Å². The van der Waals surface area contributed by atoms with Crippen molar-refractivity contribution in [2.45, 2.75) is 4.83 Å². The number of hydrogen-bond donors (Lipinski definition) is 1. The Kier molecular flexibility index (Phi) is 3.15. The Bertz CT molecular complexity index is 136. The Morgan fingerprint density at radius 2 is 2.33 bits per heavy atom. The number of alkyl halides is 1. The molecule has 0 aromatic heterocycles. The number of carboxylic acids is 1. The Labute approximate surface area is 58.9 Å². The first-order valence-electron chi connectivity index (χ1n) is 2.02. The zero-order valence-corrected chi connectivity index (χ0v) is 5.87. The second-order valence-electron chi connectivity index (χ2n) is 1.32. The van der Waals surface area contributed by atoms with E-state index in [4.69, 9.17) is 5.11 Å². The molecule has 52 valence electrons. The predicted molar refractivity (Wildman–Crippen MR) is 32.2 cm³/mol. The van der Waals surface area contributed by atoms with Crippen LogP contribution in [0.2, 0.25) is 0 Å². The highest BCUT2D eigenvalue weighted by Crippen LogP contribution is 1.98. The number of rotatable bonds is 3. The van der Waals surface area contributed by atoms with Crippen molar-refractivity contribution in [2.75, 3.05) is 6.54 Å². The van der Waals surface area contributed by atoms with E-state index < -0.39 is 22.3 Å². The molecular formula is C3H4BrNO4. The number of aliphatic carboxylic acids is 1. The van der Waals surface area contributed by atoms with Gasteiger partial charge >= 0.3 is 5.97 Å². The fourth-order valence-corrected chi connectivity index (χ4v) is 0.445. The van der Waals surface area contributed by atoms with Gasteiger partial charge in [0.2, 0.25) is 6.54 Å². The van der Waals surface area contributed by atoms with Crippen molar-refractivity contribution in [3.63, 3.8) is 0 Å². The molecule has 1 atom stereocenters. The summed E-state index contributed by atoms with van der Waals surface area (Å²) in [7, 11) is 0. The molecule has 0 saturated carbocycles. The van der Waals surface area contributed by atoms with Crippen molar-refractivity contribution in [2.24, 2.45) is 0 Å². The maximum Gasteiger partial charge on any atom is 0.324 e. The lowest BCUT2D eigenvalue weighted by molar-refractivity contribution is -0.477. The minimum Gasteiger partial charge on any atom is -0.480 e. The topological polar surface area (TPSA) is 80.4 Å². The smallest absolute Gasteiger partial charge is 0.324 e. The molecule has 0 aliphatic rings. The molecule has 9 heavy (non-hydrogen) atoms. The normalized spacial score (nSPS) is 12.6. The third-order valence-electron chi connectivity index (χ3n) is 0.577. The fraction of sp³-hybridized carbons (Fsp3) is 0.667. The maximum atomic E-state index is 9.88. The van der Waals surface area contributed by atoms with E-state index in [0.29, 0.717) is 0 Å². The lowest BCUT2D eigenvalue weighted by atomic mass is 10.4. The van der Waals surface area contributed by atoms with Crippen LogP contribution >= 0.6 is 15.9 Å². The van der Waals surface area contributed by atoms with Gasteiger partial charge in [0.05, 0.1) is 0 Å². The summed E-state index contributed by atoms with van der Waals surface area (Å²) in [5.74, 6) is -1.22. The van der Waals surface area contributed by atoms with Gasteiger partial charge in [0, 0.05) is 4.92 Å². The second kappa shape index (κ2) is 3.39. The van der Waals surface area contributed by atoms with Crippen molar-refractivity contribution in [3.05, 3.63) is 10.1 Å². The summed E-state index contributed by atoms with van der Waals surface area (Å²) in [6.07, 6.45) is 0. The first kappa shape index (κ1) is 8.35. The van der Waals surface area contributed by atoms with Crippen LogP contribution in [-0.4, -0.2) is 27.4 Å². The Morgan fingerprint density at radius 3 is 2.44 bits per heavy atom. The first-order valence-corrected chi connectivity index (χ1v) is 2.94. The molecule has 0 rings (SSSR count). The number of nitrogens with zero attached hydrogens (tertiary/aromatic N) is 1. The minimum atomic E-state index is -1.22. The molecule has 6 heteroatoms. The molecule has 0 aliphatic carbocycles. The highest BCUT2D eigenvalue weighted by molar-refractivity contribution is 9.10. The summed E-state index contributed by atoms with van der Waals surface area (Å²) in [5.41, 5.74) is 0. The van der Waals surface area contributed by atoms with E-state index in [-0.39, 0.29) is 0 Å².